The van der Waals surface area contributed by atoms with Gasteiger partial charge in [0.2, 0.25) is 0 Å². The Morgan fingerprint density at radius 2 is 1.88 bits per heavy atom. The minimum absolute atomic E-state index is 0.284. The molecule has 1 aliphatic rings. The molecule has 1 aromatic heterocycles. The summed E-state index contributed by atoms with van der Waals surface area (Å²) < 4.78 is 45.6. The quantitative estimate of drug-likeness (QED) is 0.428. The minimum atomic E-state index is -4.73. The van der Waals surface area contributed by atoms with E-state index < -0.39 is 12.5 Å². The molecule has 11 heteroatoms. The van der Waals surface area contributed by atoms with Crippen molar-refractivity contribution in [1.82, 2.24) is 14.8 Å². The predicted molar refractivity (Wildman–Crippen MR) is 127 cm³/mol. The van der Waals surface area contributed by atoms with Crippen LogP contribution in [0.1, 0.15) is 25.3 Å². The lowest BCUT2D eigenvalue weighted by atomic mass is 10.1. The van der Waals surface area contributed by atoms with Gasteiger partial charge >= 0.3 is 12.5 Å². The van der Waals surface area contributed by atoms with Gasteiger partial charge in [-0.05, 0) is 43.3 Å². The molecule has 0 saturated carbocycles. The normalized spacial score (nSPS) is 14.8. The van der Waals surface area contributed by atoms with E-state index >= 15 is 0 Å². The topological polar surface area (TPSA) is 80.9 Å². The summed E-state index contributed by atoms with van der Waals surface area (Å²) in [6.45, 7) is 7.38. The highest BCUT2D eigenvalue weighted by Crippen LogP contribution is 2.32. The van der Waals surface area contributed by atoms with Gasteiger partial charge in [0.1, 0.15) is 5.75 Å². The van der Waals surface area contributed by atoms with Gasteiger partial charge in [0.15, 0.2) is 0 Å². The number of aromatic nitrogens is 1. The number of carbonyl (C=O) groups excluding carboxylic acids is 1. The first-order valence-corrected chi connectivity index (χ1v) is 11.4. The smallest absolute Gasteiger partial charge is 0.450 e. The molecule has 2 N–H and O–H groups in total. The van der Waals surface area contributed by atoms with Gasteiger partial charge in [-0.1, -0.05) is 19.4 Å². The van der Waals surface area contributed by atoms with Crippen molar-refractivity contribution in [2.75, 3.05) is 39.8 Å². The molecule has 0 unspecified atom stereocenters. The Hall–Kier alpha value is -2.50. The molecule has 3 rings (SSSR count). The van der Waals surface area contributed by atoms with Gasteiger partial charge in [-0.2, -0.15) is 0 Å². The number of piperazine rings is 1. The average Bonchev–Trinajstić information content (AvgIpc) is 2.77. The fourth-order valence-corrected chi connectivity index (χ4v) is 3.43. The first-order valence-electron chi connectivity index (χ1n) is 10.9. The van der Waals surface area contributed by atoms with Gasteiger partial charge in [-0.3, -0.25) is 9.88 Å². The van der Waals surface area contributed by atoms with E-state index in [2.05, 4.69) is 49.7 Å². The lowest BCUT2D eigenvalue weighted by Crippen LogP contribution is -2.43. The number of benzene rings is 1. The van der Waals surface area contributed by atoms with E-state index in [4.69, 9.17) is 0 Å². The van der Waals surface area contributed by atoms with Gasteiger partial charge in [0, 0.05) is 49.4 Å². The maximum Gasteiger partial charge on any atom is 0.573 e. The number of halogens is 3. The molecule has 0 atom stereocenters. The van der Waals surface area contributed by atoms with Gasteiger partial charge in [-0.15, -0.1) is 25.8 Å². The number of hydrogen-bond donors (Lipinski definition) is 2. The highest BCUT2D eigenvalue weighted by molar-refractivity contribution is 7.80. The molecule has 0 spiro atoms. The van der Waals surface area contributed by atoms with Crippen molar-refractivity contribution >= 4 is 18.7 Å². The molecule has 1 saturated heterocycles. The molecule has 7 nitrogen and oxygen atoms in total. The number of rotatable bonds is 7. The molecule has 188 valence electrons. The van der Waals surface area contributed by atoms with Crippen molar-refractivity contribution < 1.29 is 27.4 Å². The zero-order chi connectivity index (χ0) is 25.1. The molecule has 1 aromatic carbocycles. The van der Waals surface area contributed by atoms with Crippen LogP contribution in [0.4, 0.5) is 18.0 Å². The Morgan fingerprint density at radius 1 is 1.18 bits per heavy atom. The second-order valence-electron chi connectivity index (χ2n) is 7.88. The fourth-order valence-electron chi connectivity index (χ4n) is 3.18. The molecule has 34 heavy (non-hydrogen) atoms. The van der Waals surface area contributed by atoms with Gasteiger partial charge < -0.3 is 20.1 Å². The van der Waals surface area contributed by atoms with E-state index in [1.165, 1.54) is 18.2 Å². The molecule has 2 aromatic rings. The van der Waals surface area contributed by atoms with Crippen LogP contribution in [0.5, 0.6) is 5.75 Å². The van der Waals surface area contributed by atoms with Crippen LogP contribution >= 0.6 is 12.6 Å². The Labute approximate surface area is 203 Å². The number of nitrogens with zero attached hydrogens (tertiary/aromatic N) is 3. The predicted octanol–water partition coefficient (Wildman–Crippen LogP) is 4.57. The maximum absolute atomic E-state index is 12.4. The summed E-state index contributed by atoms with van der Waals surface area (Å²) in [7, 11) is 2.11. The Bertz CT molecular complexity index is 905. The molecular formula is C23H31F3N4O3S. The van der Waals surface area contributed by atoms with Crippen molar-refractivity contribution in [3.63, 3.8) is 0 Å². The lowest BCUT2D eigenvalue weighted by Gasteiger charge is -2.32. The van der Waals surface area contributed by atoms with E-state index in [1.54, 1.807) is 12.3 Å². The SMILES string of the molecule is CCCCOC(N)=O.CN1CCN(Cc2ccc(-c3cc(OC(F)(F)F)ccc3S)nc2)CC1. The van der Waals surface area contributed by atoms with Crippen LogP contribution in [0.2, 0.25) is 0 Å². The van der Waals surface area contributed by atoms with Crippen molar-refractivity contribution in [2.45, 2.75) is 37.6 Å². The van der Waals surface area contributed by atoms with Crippen LogP contribution in [0.25, 0.3) is 11.3 Å². The number of alkyl halides is 3. The maximum atomic E-state index is 12.4. The highest BCUT2D eigenvalue weighted by Gasteiger charge is 2.31. The minimum Gasteiger partial charge on any atom is -0.450 e. The number of nitrogens with two attached hydrogens (primary N) is 1. The largest absolute Gasteiger partial charge is 0.573 e. The monoisotopic (exact) mass is 500 g/mol. The van der Waals surface area contributed by atoms with E-state index in [9.17, 15) is 18.0 Å². The van der Waals surface area contributed by atoms with Crippen LogP contribution in [0, 0.1) is 0 Å². The Morgan fingerprint density at radius 3 is 2.44 bits per heavy atom. The second-order valence-corrected chi connectivity index (χ2v) is 8.36. The van der Waals surface area contributed by atoms with Crippen LogP contribution in [-0.2, 0) is 11.3 Å². The summed E-state index contributed by atoms with van der Waals surface area (Å²) in [5.41, 5.74) is 6.80. The summed E-state index contributed by atoms with van der Waals surface area (Å²) in [6.07, 6.45) is -1.73. The first-order chi connectivity index (χ1) is 16.1. The van der Waals surface area contributed by atoms with Crippen molar-refractivity contribution in [3.05, 3.63) is 42.1 Å². The number of hydrogen-bond acceptors (Lipinski definition) is 7. The van der Waals surface area contributed by atoms with Crippen LogP contribution in [0.3, 0.4) is 0 Å². The second kappa shape index (κ2) is 13.4. The van der Waals surface area contributed by atoms with E-state index in [-0.39, 0.29) is 5.75 Å². The number of carbonyl (C=O) groups is 1. The summed E-state index contributed by atoms with van der Waals surface area (Å²) in [5.74, 6) is -0.284. The Kier molecular flexibility index (Phi) is 10.9. The lowest BCUT2D eigenvalue weighted by molar-refractivity contribution is -0.274. The van der Waals surface area contributed by atoms with Crippen LogP contribution in [-0.4, -0.2) is 67.1 Å². The number of ether oxygens (including phenoxy) is 2. The molecule has 0 aliphatic carbocycles. The third-order valence-electron chi connectivity index (χ3n) is 5.05. The molecule has 2 heterocycles. The Balaban J connectivity index is 0.000000440. The molecule has 0 bridgehead atoms. The zero-order valence-corrected chi connectivity index (χ0v) is 20.2. The van der Waals surface area contributed by atoms with Crippen molar-refractivity contribution in [2.24, 2.45) is 5.73 Å². The number of primary amides is 1. The zero-order valence-electron chi connectivity index (χ0n) is 19.3. The van der Waals surface area contributed by atoms with Gasteiger partial charge in [0.05, 0.1) is 12.3 Å². The van der Waals surface area contributed by atoms with Gasteiger partial charge in [-0.25, -0.2) is 4.79 Å². The molecule has 1 fully saturated rings. The average molecular weight is 501 g/mol. The summed E-state index contributed by atoms with van der Waals surface area (Å²) in [6, 6.07) is 7.77. The first kappa shape index (κ1) is 27.7. The number of thiol groups is 1. The molecule has 0 radical (unpaired) electrons. The molecule has 1 aliphatic heterocycles. The van der Waals surface area contributed by atoms with Crippen molar-refractivity contribution in [3.8, 4) is 17.0 Å². The third-order valence-corrected chi connectivity index (χ3v) is 5.44. The third kappa shape index (κ3) is 10.2. The number of pyridine rings is 1. The van der Waals surface area contributed by atoms with Crippen LogP contribution in [0.15, 0.2) is 41.4 Å². The fraction of sp³-hybridized carbons (Fsp3) is 0.478. The summed E-state index contributed by atoms with van der Waals surface area (Å²) in [4.78, 5) is 19.5. The number of amides is 1. The molecule has 1 amide bonds. The van der Waals surface area contributed by atoms with E-state index in [0.29, 0.717) is 22.8 Å². The highest BCUT2D eigenvalue weighted by atomic mass is 32.1. The van der Waals surface area contributed by atoms with E-state index in [0.717, 1.165) is 51.1 Å². The standard InChI is InChI=1S/C18H20F3N3OS.C5H11NO2/c1-23-6-8-24(9-7-23)12-13-2-4-16(22-11-13)15-10-14(3-5-17(15)26)25-18(19,20)21;1-2-3-4-8-5(6)7/h2-5,10-11,26H,6-9,12H2,1H3;2-4H2,1H3,(H2,6,7). The molecular weight excluding hydrogens is 469 g/mol. The number of unbranched alkanes of at least 4 members (excludes halogenated alkanes) is 1. The van der Waals surface area contributed by atoms with Crippen molar-refractivity contribution in [1.29, 1.82) is 0 Å². The summed E-state index contributed by atoms with van der Waals surface area (Å²) in [5, 5.41) is 0. The van der Waals surface area contributed by atoms with Crippen LogP contribution < -0.4 is 10.5 Å². The van der Waals surface area contributed by atoms with E-state index in [1.807, 2.05) is 13.0 Å². The van der Waals surface area contributed by atoms with Gasteiger partial charge in [0.25, 0.3) is 0 Å². The summed E-state index contributed by atoms with van der Waals surface area (Å²) >= 11 is 4.32. The number of likely N-dealkylation sites (N-methyl/N-ethyl adjacent to an activating group) is 1.